The summed E-state index contributed by atoms with van der Waals surface area (Å²) in [5.41, 5.74) is 1.99. The van der Waals surface area contributed by atoms with Crippen molar-refractivity contribution >= 4 is 32.9 Å². The maximum atomic E-state index is 11.0. The molecule has 0 unspecified atom stereocenters. The smallest absolute Gasteiger partial charge is 0.264 e. The number of methoxy groups -OCH3 is 1. The van der Waals surface area contributed by atoms with E-state index in [1.54, 1.807) is 19.4 Å². The van der Waals surface area contributed by atoms with Crippen molar-refractivity contribution in [2.75, 3.05) is 19.6 Å². The molecule has 2 heterocycles. The molecule has 2 aromatic heterocycles. The van der Waals surface area contributed by atoms with E-state index >= 15 is 0 Å². The highest BCUT2D eigenvalue weighted by Gasteiger charge is 2.09. The lowest BCUT2D eigenvalue weighted by Crippen LogP contribution is -2.03. The third-order valence-corrected chi connectivity index (χ3v) is 3.79. The molecule has 0 amide bonds. The van der Waals surface area contributed by atoms with Crippen LogP contribution in [-0.4, -0.2) is 38.0 Å². The predicted octanol–water partition coefficient (Wildman–Crippen LogP) is 1.84. The van der Waals surface area contributed by atoms with E-state index in [4.69, 9.17) is 8.92 Å². The molecule has 0 saturated carbocycles. The summed E-state index contributed by atoms with van der Waals surface area (Å²) in [4.78, 5) is 9.51. The van der Waals surface area contributed by atoms with Crippen LogP contribution in [0.5, 0.6) is 5.88 Å². The molecule has 0 aliphatic heterocycles. The van der Waals surface area contributed by atoms with Gasteiger partial charge in [-0.3, -0.25) is 9.17 Å². The Hall–Kier alpha value is -1.38. The van der Waals surface area contributed by atoms with Crippen molar-refractivity contribution in [1.29, 1.82) is 0 Å². The molecule has 0 bridgehead atoms. The fourth-order valence-electron chi connectivity index (χ4n) is 1.60. The number of fused-ring (bicyclic) bond motifs is 1. The van der Waals surface area contributed by atoms with Crippen LogP contribution in [0.25, 0.3) is 11.0 Å². The molecule has 0 aromatic carbocycles. The Balaban J connectivity index is 2.38. The van der Waals surface area contributed by atoms with Crippen molar-refractivity contribution in [3.63, 3.8) is 0 Å². The Morgan fingerprint density at radius 1 is 1.30 bits per heavy atom. The first kappa shape index (κ1) is 15.0. The molecule has 108 valence electrons. The number of hydrogen-bond acceptors (Lipinski definition) is 7. The molecule has 8 heteroatoms. The number of aromatic nitrogens is 2. The number of nitrogens with zero attached hydrogens (tertiary/aromatic N) is 2. The fraction of sp³-hybridized carbons (Fsp3) is 0.333. The third kappa shape index (κ3) is 3.59. The first-order valence-electron chi connectivity index (χ1n) is 5.65. The maximum absolute atomic E-state index is 11.0. The lowest BCUT2D eigenvalue weighted by Gasteiger charge is -2.08. The normalized spacial score (nSPS) is 11.8. The van der Waals surface area contributed by atoms with Crippen LogP contribution in [0.15, 0.2) is 23.2 Å². The van der Waals surface area contributed by atoms with Gasteiger partial charge in [0.05, 0.1) is 35.9 Å². The molecular weight excluding hydrogens is 300 g/mol. The topological polar surface area (TPSA) is 78.4 Å². The molecule has 6 nitrogen and oxygen atoms in total. The number of pyridine rings is 2. The molecule has 0 aliphatic carbocycles. The lowest BCUT2D eigenvalue weighted by atomic mass is 10.2. The standard InChI is InChI=1S/C12H14N2O4S2/c1-17-12-11(19-2)5-9-10(14-12)4-8(6-13-9)7-18-20(3,15)16/h4-6H,7H2,1-3H3. The Morgan fingerprint density at radius 2 is 2.05 bits per heavy atom. The Kier molecular flexibility index (Phi) is 4.46. The quantitative estimate of drug-likeness (QED) is 0.615. The number of hydrogen-bond donors (Lipinski definition) is 0. The zero-order valence-corrected chi connectivity index (χ0v) is 12.9. The minimum atomic E-state index is -3.48. The zero-order chi connectivity index (χ0) is 14.8. The average Bonchev–Trinajstić information content (AvgIpc) is 2.42. The summed E-state index contributed by atoms with van der Waals surface area (Å²) in [5.74, 6) is 0.521. The number of ether oxygens (including phenoxy) is 1. The summed E-state index contributed by atoms with van der Waals surface area (Å²) < 4.78 is 31.9. The van der Waals surface area contributed by atoms with Gasteiger partial charge in [-0.05, 0) is 24.0 Å². The monoisotopic (exact) mass is 314 g/mol. The summed E-state index contributed by atoms with van der Waals surface area (Å²) >= 11 is 1.52. The van der Waals surface area contributed by atoms with Gasteiger partial charge in [0.15, 0.2) is 0 Å². The lowest BCUT2D eigenvalue weighted by molar-refractivity contribution is 0.311. The molecule has 2 rings (SSSR count). The van der Waals surface area contributed by atoms with E-state index in [0.717, 1.165) is 16.7 Å². The van der Waals surface area contributed by atoms with Crippen LogP contribution in [0.3, 0.4) is 0 Å². The highest BCUT2D eigenvalue weighted by molar-refractivity contribution is 7.98. The molecule has 0 aliphatic rings. The van der Waals surface area contributed by atoms with E-state index in [1.807, 2.05) is 12.3 Å². The largest absolute Gasteiger partial charge is 0.480 e. The van der Waals surface area contributed by atoms with Crippen LogP contribution in [0.1, 0.15) is 5.56 Å². The van der Waals surface area contributed by atoms with Crippen LogP contribution in [0, 0.1) is 0 Å². The van der Waals surface area contributed by atoms with Gasteiger partial charge < -0.3 is 4.74 Å². The van der Waals surface area contributed by atoms with Crippen molar-refractivity contribution < 1.29 is 17.3 Å². The van der Waals surface area contributed by atoms with Crippen molar-refractivity contribution in [2.45, 2.75) is 11.5 Å². The predicted molar refractivity (Wildman–Crippen MR) is 77.5 cm³/mol. The van der Waals surface area contributed by atoms with Crippen LogP contribution in [-0.2, 0) is 20.9 Å². The van der Waals surface area contributed by atoms with Gasteiger partial charge >= 0.3 is 0 Å². The summed E-state index contributed by atoms with van der Waals surface area (Å²) in [6, 6.07) is 3.62. The van der Waals surface area contributed by atoms with Gasteiger partial charge in [0.25, 0.3) is 10.1 Å². The van der Waals surface area contributed by atoms with E-state index in [1.165, 1.54) is 11.8 Å². The van der Waals surface area contributed by atoms with Crippen molar-refractivity contribution in [1.82, 2.24) is 9.97 Å². The SMILES string of the molecule is COc1nc2cc(COS(C)(=O)=O)cnc2cc1SC. The molecule has 0 fully saturated rings. The van der Waals surface area contributed by atoms with E-state index in [9.17, 15) is 8.42 Å². The summed E-state index contributed by atoms with van der Waals surface area (Å²) in [5, 5.41) is 0. The van der Waals surface area contributed by atoms with E-state index < -0.39 is 10.1 Å². The first-order valence-corrected chi connectivity index (χ1v) is 8.69. The van der Waals surface area contributed by atoms with E-state index in [-0.39, 0.29) is 6.61 Å². The second kappa shape index (κ2) is 5.94. The fourth-order valence-corrected chi connectivity index (χ4v) is 2.49. The Morgan fingerprint density at radius 3 is 2.65 bits per heavy atom. The van der Waals surface area contributed by atoms with Crippen LogP contribution < -0.4 is 4.74 Å². The molecule has 0 N–H and O–H groups in total. The number of rotatable bonds is 5. The Bertz CT molecular complexity index is 732. The second-order valence-electron chi connectivity index (χ2n) is 4.05. The summed E-state index contributed by atoms with van der Waals surface area (Å²) in [6.45, 7) is -0.0595. The van der Waals surface area contributed by atoms with Crippen LogP contribution >= 0.6 is 11.8 Å². The van der Waals surface area contributed by atoms with Gasteiger partial charge in [-0.15, -0.1) is 11.8 Å². The van der Waals surface area contributed by atoms with Crippen molar-refractivity contribution in [2.24, 2.45) is 0 Å². The van der Waals surface area contributed by atoms with Crippen molar-refractivity contribution in [3.05, 3.63) is 23.9 Å². The molecule has 2 aromatic rings. The molecule has 0 saturated heterocycles. The van der Waals surface area contributed by atoms with Crippen LogP contribution in [0.4, 0.5) is 0 Å². The summed E-state index contributed by atoms with van der Waals surface area (Å²) in [6.07, 6.45) is 4.51. The maximum Gasteiger partial charge on any atom is 0.264 e. The molecule has 0 spiro atoms. The van der Waals surface area contributed by atoms with Gasteiger partial charge in [0.2, 0.25) is 5.88 Å². The number of thioether (sulfide) groups is 1. The van der Waals surface area contributed by atoms with Gasteiger partial charge in [-0.25, -0.2) is 4.98 Å². The minimum absolute atomic E-state index is 0.0595. The minimum Gasteiger partial charge on any atom is -0.480 e. The first-order chi connectivity index (χ1) is 9.43. The molecule has 0 radical (unpaired) electrons. The molecular formula is C12H14N2O4S2. The zero-order valence-electron chi connectivity index (χ0n) is 11.3. The highest BCUT2D eigenvalue weighted by Crippen LogP contribution is 2.28. The van der Waals surface area contributed by atoms with Gasteiger partial charge in [-0.1, -0.05) is 0 Å². The van der Waals surface area contributed by atoms with Gasteiger partial charge in [0.1, 0.15) is 0 Å². The highest BCUT2D eigenvalue weighted by atomic mass is 32.2. The van der Waals surface area contributed by atoms with E-state index in [2.05, 4.69) is 9.97 Å². The molecule has 0 atom stereocenters. The Labute approximate surface area is 121 Å². The molecule has 20 heavy (non-hydrogen) atoms. The second-order valence-corrected chi connectivity index (χ2v) is 6.54. The van der Waals surface area contributed by atoms with Crippen molar-refractivity contribution in [3.8, 4) is 5.88 Å². The average molecular weight is 314 g/mol. The summed E-state index contributed by atoms with van der Waals surface area (Å²) in [7, 11) is -1.92. The van der Waals surface area contributed by atoms with E-state index in [0.29, 0.717) is 17.0 Å². The third-order valence-electron chi connectivity index (χ3n) is 2.51. The van der Waals surface area contributed by atoms with Crippen LogP contribution in [0.2, 0.25) is 0 Å². The van der Waals surface area contributed by atoms with Gasteiger partial charge in [-0.2, -0.15) is 8.42 Å². The van der Waals surface area contributed by atoms with Gasteiger partial charge in [0, 0.05) is 6.20 Å².